The Morgan fingerprint density at radius 1 is 1.26 bits per heavy atom. The predicted molar refractivity (Wildman–Crippen MR) is 77.7 cm³/mol. The van der Waals surface area contributed by atoms with Gasteiger partial charge in [-0.05, 0) is 45.3 Å². The molecule has 0 bridgehead atoms. The summed E-state index contributed by atoms with van der Waals surface area (Å²) in [6, 6.07) is 5.50. The largest absolute Gasteiger partial charge is 0.316 e. The molecule has 1 rings (SSSR count). The van der Waals surface area contributed by atoms with E-state index in [1.165, 1.54) is 0 Å². The Morgan fingerprint density at radius 3 is 2.53 bits per heavy atom. The second-order valence-corrected chi connectivity index (χ2v) is 6.57. The third-order valence-electron chi connectivity index (χ3n) is 2.77. The quantitative estimate of drug-likeness (QED) is 0.768. The molecule has 0 amide bonds. The Balaban J connectivity index is 2.90. The molecule has 6 heteroatoms. The molecule has 19 heavy (non-hydrogen) atoms. The molecule has 0 saturated heterocycles. The Morgan fingerprint density at radius 2 is 1.95 bits per heavy atom. The number of likely N-dealkylation sites (N-methyl/N-ethyl adjacent to an activating group) is 1. The van der Waals surface area contributed by atoms with E-state index in [0.717, 1.165) is 11.1 Å². The van der Waals surface area contributed by atoms with Crippen molar-refractivity contribution in [2.24, 2.45) is 0 Å². The van der Waals surface area contributed by atoms with Crippen LogP contribution in [0.5, 0.6) is 0 Å². The van der Waals surface area contributed by atoms with E-state index in [9.17, 15) is 8.42 Å². The standard InChI is InChI=1S/C13H23N3O2S/c1-11-5-6-12(10-14-2)9-13(11)19(17,18)15-7-8-16(3)4/h5-6,9,14-15H,7-8,10H2,1-4H3. The lowest BCUT2D eigenvalue weighted by Gasteiger charge is -2.13. The summed E-state index contributed by atoms with van der Waals surface area (Å²) in [4.78, 5) is 2.30. The van der Waals surface area contributed by atoms with Gasteiger partial charge >= 0.3 is 0 Å². The first-order valence-corrected chi connectivity index (χ1v) is 7.73. The molecule has 1 aromatic carbocycles. The van der Waals surface area contributed by atoms with Gasteiger partial charge in [0.25, 0.3) is 0 Å². The molecule has 0 radical (unpaired) electrons. The fourth-order valence-electron chi connectivity index (χ4n) is 1.73. The molecule has 5 nitrogen and oxygen atoms in total. The molecule has 0 aliphatic heterocycles. The number of rotatable bonds is 7. The van der Waals surface area contributed by atoms with Crippen LogP contribution in [0.25, 0.3) is 0 Å². The summed E-state index contributed by atoms with van der Waals surface area (Å²) < 4.78 is 27.1. The number of sulfonamides is 1. The minimum atomic E-state index is -3.43. The van der Waals surface area contributed by atoms with E-state index in [1.807, 2.05) is 45.1 Å². The highest BCUT2D eigenvalue weighted by molar-refractivity contribution is 7.89. The molecule has 0 aromatic heterocycles. The van der Waals surface area contributed by atoms with Crippen molar-refractivity contribution in [3.05, 3.63) is 29.3 Å². The molecule has 0 spiro atoms. The highest BCUT2D eigenvalue weighted by atomic mass is 32.2. The van der Waals surface area contributed by atoms with Crippen molar-refractivity contribution >= 4 is 10.0 Å². The van der Waals surface area contributed by atoms with Gasteiger partial charge in [0, 0.05) is 19.6 Å². The smallest absolute Gasteiger partial charge is 0.240 e. The zero-order valence-electron chi connectivity index (χ0n) is 12.0. The third-order valence-corrected chi connectivity index (χ3v) is 4.38. The average molecular weight is 285 g/mol. The number of benzene rings is 1. The van der Waals surface area contributed by atoms with Gasteiger partial charge in [-0.25, -0.2) is 13.1 Å². The summed E-state index contributed by atoms with van der Waals surface area (Å²) in [6.07, 6.45) is 0. The van der Waals surface area contributed by atoms with Crippen molar-refractivity contribution in [1.82, 2.24) is 14.9 Å². The van der Waals surface area contributed by atoms with Crippen molar-refractivity contribution in [2.45, 2.75) is 18.4 Å². The molecule has 0 heterocycles. The minimum absolute atomic E-state index is 0.360. The Bertz CT molecular complexity index is 513. The first-order chi connectivity index (χ1) is 8.86. The zero-order chi connectivity index (χ0) is 14.5. The summed E-state index contributed by atoms with van der Waals surface area (Å²) in [7, 11) is 2.22. The van der Waals surface area contributed by atoms with Gasteiger partial charge in [0.15, 0.2) is 0 Å². The number of nitrogens with zero attached hydrogens (tertiary/aromatic N) is 1. The summed E-state index contributed by atoms with van der Waals surface area (Å²) in [6.45, 7) is 3.55. The van der Waals surface area contributed by atoms with Gasteiger partial charge in [0.1, 0.15) is 0 Å². The topological polar surface area (TPSA) is 61.4 Å². The maximum atomic E-state index is 12.2. The fourth-order valence-corrected chi connectivity index (χ4v) is 3.04. The van der Waals surface area contributed by atoms with Crippen LogP contribution in [0.1, 0.15) is 11.1 Å². The molecule has 2 N–H and O–H groups in total. The molecule has 108 valence electrons. The van der Waals surface area contributed by atoms with E-state index in [0.29, 0.717) is 24.5 Å². The third kappa shape index (κ3) is 4.91. The SMILES string of the molecule is CNCc1ccc(C)c(S(=O)(=O)NCCN(C)C)c1. The lowest BCUT2D eigenvalue weighted by Crippen LogP contribution is -2.31. The van der Waals surface area contributed by atoms with Gasteiger partial charge in [0.05, 0.1) is 4.90 Å². The maximum Gasteiger partial charge on any atom is 0.240 e. The van der Waals surface area contributed by atoms with E-state index in [1.54, 1.807) is 6.07 Å². The van der Waals surface area contributed by atoms with Crippen LogP contribution < -0.4 is 10.0 Å². The van der Waals surface area contributed by atoms with E-state index in [-0.39, 0.29) is 0 Å². The highest BCUT2D eigenvalue weighted by Gasteiger charge is 2.16. The van der Waals surface area contributed by atoms with Crippen LogP contribution in [0.3, 0.4) is 0 Å². The van der Waals surface area contributed by atoms with Crippen molar-refractivity contribution in [2.75, 3.05) is 34.2 Å². The van der Waals surface area contributed by atoms with Crippen molar-refractivity contribution < 1.29 is 8.42 Å². The predicted octanol–water partition coefficient (Wildman–Crippen LogP) is 0.554. The van der Waals surface area contributed by atoms with E-state index < -0.39 is 10.0 Å². The molecule has 0 aliphatic carbocycles. The maximum absolute atomic E-state index is 12.2. The molecular formula is C13H23N3O2S. The molecular weight excluding hydrogens is 262 g/mol. The highest BCUT2D eigenvalue weighted by Crippen LogP contribution is 2.16. The zero-order valence-corrected chi connectivity index (χ0v) is 12.8. The molecule has 1 aromatic rings. The summed E-state index contributed by atoms with van der Waals surface area (Å²) >= 11 is 0. The van der Waals surface area contributed by atoms with Crippen LogP contribution in [0.4, 0.5) is 0 Å². The molecule has 0 atom stereocenters. The Hall–Kier alpha value is -0.950. The number of hydrogen-bond donors (Lipinski definition) is 2. The number of hydrogen-bond acceptors (Lipinski definition) is 4. The van der Waals surface area contributed by atoms with Gasteiger partial charge in [-0.15, -0.1) is 0 Å². The van der Waals surface area contributed by atoms with E-state index >= 15 is 0 Å². The minimum Gasteiger partial charge on any atom is -0.316 e. The Kier molecular flexibility index (Phi) is 5.93. The summed E-state index contributed by atoms with van der Waals surface area (Å²) in [5, 5.41) is 3.02. The van der Waals surface area contributed by atoms with E-state index in [2.05, 4.69) is 10.0 Å². The summed E-state index contributed by atoms with van der Waals surface area (Å²) in [5.74, 6) is 0. The van der Waals surface area contributed by atoms with Gasteiger partial charge in [0.2, 0.25) is 10.0 Å². The first kappa shape index (κ1) is 16.1. The second kappa shape index (κ2) is 7.00. The van der Waals surface area contributed by atoms with Crippen molar-refractivity contribution in [1.29, 1.82) is 0 Å². The number of nitrogens with one attached hydrogen (secondary N) is 2. The lowest BCUT2D eigenvalue weighted by molar-refractivity contribution is 0.412. The monoisotopic (exact) mass is 285 g/mol. The average Bonchev–Trinajstić information content (AvgIpc) is 2.31. The Labute approximate surface area is 116 Å². The van der Waals surface area contributed by atoms with Crippen molar-refractivity contribution in [3.63, 3.8) is 0 Å². The van der Waals surface area contributed by atoms with Crippen LogP contribution in [0.2, 0.25) is 0 Å². The first-order valence-electron chi connectivity index (χ1n) is 6.25. The van der Waals surface area contributed by atoms with Crippen molar-refractivity contribution in [3.8, 4) is 0 Å². The molecule has 0 fully saturated rings. The van der Waals surface area contributed by atoms with Crippen LogP contribution in [0.15, 0.2) is 23.1 Å². The summed E-state index contributed by atoms with van der Waals surface area (Å²) in [5.41, 5.74) is 1.72. The van der Waals surface area contributed by atoms with Crippen LogP contribution in [-0.2, 0) is 16.6 Å². The number of aryl methyl sites for hydroxylation is 1. The molecule has 0 aliphatic rings. The fraction of sp³-hybridized carbons (Fsp3) is 0.538. The van der Waals surface area contributed by atoms with Gasteiger partial charge < -0.3 is 10.2 Å². The van der Waals surface area contributed by atoms with Gasteiger partial charge in [-0.1, -0.05) is 12.1 Å². The van der Waals surface area contributed by atoms with Gasteiger partial charge in [-0.2, -0.15) is 0 Å². The second-order valence-electron chi connectivity index (χ2n) is 4.83. The van der Waals surface area contributed by atoms with Gasteiger partial charge in [-0.3, -0.25) is 0 Å². The van der Waals surface area contributed by atoms with E-state index in [4.69, 9.17) is 0 Å². The van der Waals surface area contributed by atoms with Crippen LogP contribution in [-0.4, -0.2) is 47.6 Å². The normalized spacial score (nSPS) is 12.1. The lowest BCUT2D eigenvalue weighted by atomic mass is 10.1. The van der Waals surface area contributed by atoms with Crippen LogP contribution >= 0.6 is 0 Å². The molecule has 0 unspecified atom stereocenters. The van der Waals surface area contributed by atoms with Crippen LogP contribution in [0, 0.1) is 6.92 Å². The molecule has 0 saturated carbocycles.